The molecular formula is C14H17BrN2O3S. The zero-order chi connectivity index (χ0) is 15.6. The van der Waals surface area contributed by atoms with Crippen LogP contribution in [0, 0.1) is 6.92 Å². The number of nitrogens with two attached hydrogens (primary N) is 1. The van der Waals surface area contributed by atoms with Gasteiger partial charge in [0.05, 0.1) is 12.2 Å². The van der Waals surface area contributed by atoms with Crippen LogP contribution >= 0.6 is 15.9 Å². The van der Waals surface area contributed by atoms with Gasteiger partial charge in [-0.25, -0.2) is 8.42 Å². The molecule has 0 aliphatic carbocycles. The highest BCUT2D eigenvalue weighted by atomic mass is 79.9. The number of furan rings is 1. The number of hydrogen-bond donors (Lipinski definition) is 1. The van der Waals surface area contributed by atoms with E-state index >= 15 is 0 Å². The fourth-order valence-electron chi connectivity index (χ4n) is 2.07. The number of rotatable bonds is 5. The van der Waals surface area contributed by atoms with E-state index in [9.17, 15) is 8.42 Å². The van der Waals surface area contributed by atoms with Gasteiger partial charge in [0, 0.05) is 12.6 Å². The molecule has 2 rings (SSSR count). The molecule has 0 atom stereocenters. The minimum absolute atomic E-state index is 0.0892. The molecule has 0 unspecified atom stereocenters. The van der Waals surface area contributed by atoms with E-state index in [1.54, 1.807) is 13.0 Å². The van der Waals surface area contributed by atoms with Crippen LogP contribution in [0.25, 0.3) is 0 Å². The summed E-state index contributed by atoms with van der Waals surface area (Å²) in [6.07, 6.45) is 0. The third kappa shape index (κ3) is 3.14. The Morgan fingerprint density at radius 3 is 2.57 bits per heavy atom. The van der Waals surface area contributed by atoms with Gasteiger partial charge in [0.1, 0.15) is 10.7 Å². The summed E-state index contributed by atoms with van der Waals surface area (Å²) in [5.41, 5.74) is 7.11. The molecule has 1 aromatic carbocycles. The van der Waals surface area contributed by atoms with Crippen LogP contribution in [-0.2, 0) is 16.6 Å². The first-order chi connectivity index (χ1) is 9.90. The van der Waals surface area contributed by atoms with Crippen LogP contribution in [0.15, 0.2) is 44.3 Å². The maximum absolute atomic E-state index is 12.8. The standard InChI is InChI=1S/C14H17BrN2O3S/c1-3-17(11-6-4-5-10(2)7-11)21(18,19)13-8-12(9-16)20-14(13)15/h4-8H,3,9,16H2,1-2H3. The monoisotopic (exact) mass is 372 g/mol. The quantitative estimate of drug-likeness (QED) is 0.874. The van der Waals surface area contributed by atoms with Crippen LogP contribution < -0.4 is 10.0 Å². The maximum atomic E-state index is 12.8. The molecule has 0 bridgehead atoms. The number of aryl methyl sites for hydroxylation is 1. The lowest BCUT2D eigenvalue weighted by Gasteiger charge is -2.22. The molecule has 2 aromatic rings. The second-order valence-corrected chi connectivity index (χ2v) is 7.11. The molecule has 0 fully saturated rings. The first-order valence-electron chi connectivity index (χ1n) is 6.47. The molecule has 2 N–H and O–H groups in total. The Balaban J connectivity index is 2.51. The molecule has 5 nitrogen and oxygen atoms in total. The van der Waals surface area contributed by atoms with Crippen molar-refractivity contribution in [3.8, 4) is 0 Å². The summed E-state index contributed by atoms with van der Waals surface area (Å²) in [7, 11) is -3.70. The molecule has 0 aliphatic heterocycles. The van der Waals surface area contributed by atoms with Gasteiger partial charge in [-0.2, -0.15) is 0 Å². The zero-order valence-corrected chi connectivity index (χ0v) is 14.2. The number of benzene rings is 1. The molecule has 0 aliphatic rings. The van der Waals surface area contributed by atoms with Crippen molar-refractivity contribution in [2.75, 3.05) is 10.8 Å². The molecule has 114 valence electrons. The Bertz CT molecular complexity index is 740. The summed E-state index contributed by atoms with van der Waals surface area (Å²) in [6.45, 7) is 4.17. The molecular weight excluding hydrogens is 356 g/mol. The summed E-state index contributed by atoms with van der Waals surface area (Å²) in [5, 5.41) is 0. The van der Waals surface area contributed by atoms with E-state index in [1.807, 2.05) is 25.1 Å². The highest BCUT2D eigenvalue weighted by molar-refractivity contribution is 9.10. The molecule has 0 amide bonds. The highest BCUT2D eigenvalue weighted by Gasteiger charge is 2.28. The number of anilines is 1. The Morgan fingerprint density at radius 2 is 2.05 bits per heavy atom. The minimum atomic E-state index is -3.70. The summed E-state index contributed by atoms with van der Waals surface area (Å²) in [5.74, 6) is 0.417. The lowest BCUT2D eigenvalue weighted by molar-refractivity contribution is 0.484. The third-order valence-electron chi connectivity index (χ3n) is 3.05. The Labute approximate surface area is 132 Å². The Hall–Kier alpha value is -1.31. The summed E-state index contributed by atoms with van der Waals surface area (Å²) in [4.78, 5) is 0.0892. The van der Waals surface area contributed by atoms with Crippen molar-refractivity contribution in [3.63, 3.8) is 0 Å². The summed E-state index contributed by atoms with van der Waals surface area (Å²) in [6, 6.07) is 8.81. The van der Waals surface area contributed by atoms with Crippen molar-refractivity contribution in [1.29, 1.82) is 0 Å². The van der Waals surface area contributed by atoms with E-state index in [0.29, 0.717) is 18.0 Å². The van der Waals surface area contributed by atoms with Crippen molar-refractivity contribution in [2.45, 2.75) is 25.3 Å². The van der Waals surface area contributed by atoms with E-state index < -0.39 is 10.0 Å². The van der Waals surface area contributed by atoms with Crippen molar-refractivity contribution in [3.05, 3.63) is 46.3 Å². The normalized spacial score (nSPS) is 11.6. The van der Waals surface area contributed by atoms with E-state index in [0.717, 1.165) is 5.56 Å². The van der Waals surface area contributed by atoms with Crippen molar-refractivity contribution >= 4 is 31.6 Å². The fraction of sp³-hybridized carbons (Fsp3) is 0.286. The van der Waals surface area contributed by atoms with Gasteiger partial charge >= 0.3 is 0 Å². The predicted octanol–water partition coefficient (Wildman–Crippen LogP) is 3.02. The highest BCUT2D eigenvalue weighted by Crippen LogP contribution is 2.31. The third-order valence-corrected chi connectivity index (χ3v) is 5.81. The largest absolute Gasteiger partial charge is 0.452 e. The SMILES string of the molecule is CCN(c1cccc(C)c1)S(=O)(=O)c1cc(CN)oc1Br. The fourth-order valence-corrected chi connectivity index (χ4v) is 4.50. The van der Waals surface area contributed by atoms with Crippen LogP contribution in [0.1, 0.15) is 18.2 Å². The maximum Gasteiger partial charge on any atom is 0.268 e. The predicted molar refractivity (Wildman–Crippen MR) is 85.7 cm³/mol. The molecule has 21 heavy (non-hydrogen) atoms. The number of nitrogens with zero attached hydrogens (tertiary/aromatic N) is 1. The van der Waals surface area contributed by atoms with E-state index in [1.165, 1.54) is 10.4 Å². The summed E-state index contributed by atoms with van der Waals surface area (Å²) < 4.78 is 32.4. The number of hydrogen-bond acceptors (Lipinski definition) is 4. The average molecular weight is 373 g/mol. The number of halogens is 1. The zero-order valence-electron chi connectivity index (χ0n) is 11.8. The van der Waals surface area contributed by atoms with Crippen LogP contribution in [0.5, 0.6) is 0 Å². The van der Waals surface area contributed by atoms with Crippen molar-refractivity contribution in [1.82, 2.24) is 0 Å². The lowest BCUT2D eigenvalue weighted by Crippen LogP contribution is -2.30. The molecule has 7 heteroatoms. The van der Waals surface area contributed by atoms with Crippen LogP contribution in [-0.4, -0.2) is 15.0 Å². The Morgan fingerprint density at radius 1 is 1.33 bits per heavy atom. The number of sulfonamides is 1. The smallest absolute Gasteiger partial charge is 0.268 e. The van der Waals surface area contributed by atoms with Gasteiger partial charge in [0.15, 0.2) is 4.67 Å². The Kier molecular flexibility index (Phi) is 4.75. The van der Waals surface area contributed by atoms with Crippen LogP contribution in [0.4, 0.5) is 5.69 Å². The van der Waals surface area contributed by atoms with Gasteiger partial charge in [-0.1, -0.05) is 12.1 Å². The molecule has 1 aromatic heterocycles. The molecule has 1 heterocycles. The van der Waals surface area contributed by atoms with Gasteiger partial charge in [0.2, 0.25) is 0 Å². The van der Waals surface area contributed by atoms with E-state index in [2.05, 4.69) is 15.9 Å². The first kappa shape index (κ1) is 16.1. The van der Waals surface area contributed by atoms with Crippen molar-refractivity contribution in [2.24, 2.45) is 5.73 Å². The summed E-state index contributed by atoms with van der Waals surface area (Å²) >= 11 is 3.15. The van der Waals surface area contributed by atoms with Crippen LogP contribution in [0.3, 0.4) is 0 Å². The van der Waals surface area contributed by atoms with E-state index in [4.69, 9.17) is 10.2 Å². The first-order valence-corrected chi connectivity index (χ1v) is 8.71. The molecule has 0 saturated heterocycles. The van der Waals surface area contributed by atoms with Crippen LogP contribution in [0.2, 0.25) is 0 Å². The van der Waals surface area contributed by atoms with Gasteiger partial charge < -0.3 is 10.2 Å². The van der Waals surface area contributed by atoms with Crippen molar-refractivity contribution < 1.29 is 12.8 Å². The van der Waals surface area contributed by atoms with Gasteiger partial charge in [-0.15, -0.1) is 0 Å². The molecule has 0 radical (unpaired) electrons. The second kappa shape index (κ2) is 6.21. The minimum Gasteiger partial charge on any atom is -0.452 e. The topological polar surface area (TPSA) is 76.5 Å². The van der Waals surface area contributed by atoms with Gasteiger partial charge in [-0.05, 0) is 47.5 Å². The lowest BCUT2D eigenvalue weighted by atomic mass is 10.2. The molecule has 0 spiro atoms. The van der Waals surface area contributed by atoms with E-state index in [-0.39, 0.29) is 16.1 Å². The van der Waals surface area contributed by atoms with Gasteiger partial charge in [-0.3, -0.25) is 4.31 Å². The second-order valence-electron chi connectivity index (χ2n) is 4.56. The average Bonchev–Trinajstić information content (AvgIpc) is 2.81. The van der Waals surface area contributed by atoms with Gasteiger partial charge in [0.25, 0.3) is 10.0 Å². The molecule has 0 saturated carbocycles.